The number of furan rings is 1. The lowest BCUT2D eigenvalue weighted by molar-refractivity contribution is -0.117. The third-order valence-electron chi connectivity index (χ3n) is 4.06. The van der Waals surface area contributed by atoms with E-state index in [2.05, 4.69) is 25.5 Å². The van der Waals surface area contributed by atoms with Crippen molar-refractivity contribution in [1.82, 2.24) is 15.3 Å². The number of nitrogens with one attached hydrogen (secondary N) is 2. The average Bonchev–Trinajstić information content (AvgIpc) is 3.33. The van der Waals surface area contributed by atoms with Crippen LogP contribution in [0.3, 0.4) is 0 Å². The highest BCUT2D eigenvalue weighted by molar-refractivity contribution is 8.14. The first-order valence-corrected chi connectivity index (χ1v) is 10.9. The number of aromatic nitrogens is 2. The van der Waals surface area contributed by atoms with Gasteiger partial charge in [-0.25, -0.2) is 4.98 Å². The summed E-state index contributed by atoms with van der Waals surface area (Å²) in [5.74, 6) is 0.560. The van der Waals surface area contributed by atoms with E-state index in [0.717, 1.165) is 23.0 Å². The summed E-state index contributed by atoms with van der Waals surface area (Å²) in [6, 6.07) is 14.8. The fraction of sp³-hybridized carbons (Fsp3) is 0.100. The predicted molar refractivity (Wildman–Crippen MR) is 119 cm³/mol. The molecule has 1 aliphatic heterocycles. The quantitative estimate of drug-likeness (QED) is 0.450. The van der Waals surface area contributed by atoms with Crippen LogP contribution in [0.5, 0.6) is 0 Å². The van der Waals surface area contributed by atoms with Gasteiger partial charge < -0.3 is 14.7 Å². The van der Waals surface area contributed by atoms with Crippen LogP contribution in [-0.4, -0.2) is 38.3 Å². The fourth-order valence-electron chi connectivity index (χ4n) is 2.64. The highest BCUT2D eigenvalue weighted by Gasteiger charge is 2.18. The zero-order valence-corrected chi connectivity index (χ0v) is 17.5. The minimum Gasteiger partial charge on any atom is -0.463 e. The normalized spacial score (nSPS) is 13.1. The Hall–Kier alpha value is -3.62. The minimum atomic E-state index is -0.596. The zero-order chi connectivity index (χ0) is 21.6. The van der Waals surface area contributed by atoms with Crippen molar-refractivity contribution in [3.63, 3.8) is 0 Å². The van der Waals surface area contributed by atoms with Crippen LogP contribution >= 0.6 is 23.5 Å². The first-order chi connectivity index (χ1) is 15.1. The van der Waals surface area contributed by atoms with Crippen molar-refractivity contribution < 1.29 is 9.21 Å². The first kappa shape index (κ1) is 20.6. The van der Waals surface area contributed by atoms with Crippen LogP contribution in [0.2, 0.25) is 0 Å². The second-order valence-corrected chi connectivity index (χ2v) is 8.06. The van der Waals surface area contributed by atoms with Crippen LogP contribution in [0.25, 0.3) is 11.5 Å². The van der Waals surface area contributed by atoms with Gasteiger partial charge in [-0.2, -0.15) is 10.4 Å². The molecule has 1 aromatic carbocycles. The Morgan fingerprint density at radius 3 is 2.77 bits per heavy atom. The van der Waals surface area contributed by atoms with E-state index in [9.17, 15) is 14.9 Å². The molecule has 2 N–H and O–H groups in total. The molecule has 0 spiro atoms. The van der Waals surface area contributed by atoms with Gasteiger partial charge in [-0.3, -0.25) is 9.59 Å². The summed E-state index contributed by atoms with van der Waals surface area (Å²) in [7, 11) is 0. The standard InChI is InChI=1S/C20H14N6O3S2/c21-9-13-17(15-7-4-8-29-15)23-19(24-18(13)28)31-11-16(27)22-20-26-25-14(10-30-20)12-5-2-1-3-6-12/h1-8H,10-11H2,(H,22,26,27)(H,23,24,28). The molecule has 31 heavy (non-hydrogen) atoms. The van der Waals surface area contributed by atoms with Crippen LogP contribution in [-0.2, 0) is 4.79 Å². The fourth-order valence-corrected chi connectivity index (χ4v) is 4.08. The molecule has 0 radical (unpaired) electrons. The molecule has 1 aliphatic rings. The maximum Gasteiger partial charge on any atom is 0.270 e. The van der Waals surface area contributed by atoms with Gasteiger partial charge in [0, 0.05) is 5.75 Å². The van der Waals surface area contributed by atoms with Gasteiger partial charge >= 0.3 is 0 Å². The number of H-pyrrole nitrogens is 1. The minimum absolute atomic E-state index is 0.0126. The van der Waals surface area contributed by atoms with Gasteiger partial charge in [-0.1, -0.05) is 53.9 Å². The summed E-state index contributed by atoms with van der Waals surface area (Å²) < 4.78 is 5.25. The Bertz CT molecular complexity index is 1260. The van der Waals surface area contributed by atoms with Gasteiger partial charge in [0.1, 0.15) is 17.3 Å². The summed E-state index contributed by atoms with van der Waals surface area (Å²) in [4.78, 5) is 31.2. The predicted octanol–water partition coefficient (Wildman–Crippen LogP) is 2.62. The number of benzene rings is 1. The summed E-state index contributed by atoms with van der Waals surface area (Å²) >= 11 is 2.41. The molecule has 4 rings (SSSR count). The number of aromatic amines is 1. The summed E-state index contributed by atoms with van der Waals surface area (Å²) in [6.45, 7) is 0. The van der Waals surface area contributed by atoms with Gasteiger partial charge in [0.05, 0.1) is 17.7 Å². The molecule has 3 aromatic rings. The number of hydrogen-bond acceptors (Lipinski definition) is 9. The number of carbonyl (C=O) groups is 1. The van der Waals surface area contributed by atoms with E-state index in [1.165, 1.54) is 18.0 Å². The van der Waals surface area contributed by atoms with E-state index in [-0.39, 0.29) is 28.1 Å². The van der Waals surface area contributed by atoms with Crippen molar-refractivity contribution in [2.45, 2.75) is 5.16 Å². The lowest BCUT2D eigenvalue weighted by Crippen LogP contribution is -2.32. The van der Waals surface area contributed by atoms with Gasteiger partial charge in [-0.15, -0.1) is 5.10 Å². The summed E-state index contributed by atoms with van der Waals surface area (Å²) in [5.41, 5.74) is 1.21. The lowest BCUT2D eigenvalue weighted by Gasteiger charge is -2.12. The largest absolute Gasteiger partial charge is 0.463 e. The molecule has 154 valence electrons. The monoisotopic (exact) mass is 450 g/mol. The van der Waals surface area contributed by atoms with Crippen LogP contribution < -0.4 is 10.9 Å². The van der Waals surface area contributed by atoms with Crippen LogP contribution in [0.15, 0.2) is 73.3 Å². The number of nitriles is 1. The first-order valence-electron chi connectivity index (χ1n) is 8.97. The van der Waals surface area contributed by atoms with Gasteiger partial charge in [0.2, 0.25) is 5.91 Å². The number of amidine groups is 1. The molecule has 0 aliphatic carbocycles. The average molecular weight is 451 g/mol. The van der Waals surface area contributed by atoms with E-state index in [1.807, 2.05) is 36.4 Å². The van der Waals surface area contributed by atoms with Gasteiger partial charge in [0.25, 0.3) is 5.56 Å². The topological polar surface area (TPSA) is 136 Å². The molecule has 11 heteroatoms. The van der Waals surface area contributed by atoms with E-state index in [1.54, 1.807) is 12.1 Å². The van der Waals surface area contributed by atoms with Crippen molar-refractivity contribution in [3.8, 4) is 17.5 Å². The van der Waals surface area contributed by atoms with E-state index >= 15 is 0 Å². The maximum absolute atomic E-state index is 12.3. The highest BCUT2D eigenvalue weighted by atomic mass is 32.2. The second kappa shape index (κ2) is 9.46. The highest BCUT2D eigenvalue weighted by Crippen LogP contribution is 2.22. The van der Waals surface area contributed by atoms with Crippen molar-refractivity contribution in [2.75, 3.05) is 11.5 Å². The van der Waals surface area contributed by atoms with Crippen LogP contribution in [0.1, 0.15) is 11.1 Å². The molecule has 0 bridgehead atoms. The Labute approximate surface area is 184 Å². The summed E-state index contributed by atoms with van der Waals surface area (Å²) in [5, 5.41) is 20.8. The molecular weight excluding hydrogens is 436 g/mol. The van der Waals surface area contributed by atoms with Crippen molar-refractivity contribution in [3.05, 3.63) is 70.2 Å². The van der Waals surface area contributed by atoms with Gasteiger partial charge in [-0.05, 0) is 17.7 Å². The van der Waals surface area contributed by atoms with E-state index in [4.69, 9.17) is 4.42 Å². The van der Waals surface area contributed by atoms with Crippen molar-refractivity contribution in [1.29, 1.82) is 5.26 Å². The molecule has 2 aromatic heterocycles. The molecule has 0 saturated carbocycles. The lowest BCUT2D eigenvalue weighted by atomic mass is 10.1. The van der Waals surface area contributed by atoms with E-state index < -0.39 is 5.56 Å². The molecule has 0 fully saturated rings. The molecule has 9 nitrogen and oxygen atoms in total. The number of amides is 1. The molecule has 1 amide bonds. The molecule has 0 atom stereocenters. The second-order valence-electron chi connectivity index (χ2n) is 6.13. The molecule has 3 heterocycles. The van der Waals surface area contributed by atoms with Gasteiger partial charge in [0.15, 0.2) is 16.1 Å². The van der Waals surface area contributed by atoms with Crippen molar-refractivity contribution in [2.24, 2.45) is 10.2 Å². The Morgan fingerprint density at radius 2 is 2.10 bits per heavy atom. The third-order valence-corrected chi connectivity index (χ3v) is 5.81. The zero-order valence-electron chi connectivity index (χ0n) is 15.9. The Balaban J connectivity index is 1.41. The summed E-state index contributed by atoms with van der Waals surface area (Å²) in [6.07, 6.45) is 1.42. The number of hydrogen-bond donors (Lipinski definition) is 2. The third kappa shape index (κ3) is 4.93. The van der Waals surface area contributed by atoms with E-state index in [0.29, 0.717) is 16.7 Å². The smallest absolute Gasteiger partial charge is 0.270 e. The SMILES string of the molecule is N#Cc1c(-c2ccco2)nc(SCC(=O)NC2=NN=C(c3ccccc3)CS2)[nH]c1=O. The molecule has 0 unspecified atom stereocenters. The number of nitrogens with zero attached hydrogens (tertiary/aromatic N) is 4. The maximum atomic E-state index is 12.3. The molecular formula is C20H14N6O3S2. The number of thioether (sulfide) groups is 2. The number of rotatable bonds is 5. The number of carbonyl (C=O) groups excluding carboxylic acids is 1. The van der Waals surface area contributed by atoms with Crippen LogP contribution in [0, 0.1) is 11.3 Å². The molecule has 0 saturated heterocycles. The van der Waals surface area contributed by atoms with Crippen LogP contribution in [0.4, 0.5) is 0 Å². The van der Waals surface area contributed by atoms with Crippen molar-refractivity contribution >= 4 is 40.3 Å². The Morgan fingerprint density at radius 1 is 1.26 bits per heavy atom. The Kier molecular flexibility index (Phi) is 6.30.